The molecule has 2 aromatic heterocycles. The van der Waals surface area contributed by atoms with Crippen molar-refractivity contribution in [3.05, 3.63) is 84.7 Å². The summed E-state index contributed by atoms with van der Waals surface area (Å²) in [7, 11) is -4.88. The lowest BCUT2D eigenvalue weighted by Crippen LogP contribution is -2.45. The van der Waals surface area contributed by atoms with Crippen LogP contribution in [0.15, 0.2) is 79.0 Å². The maximum absolute atomic E-state index is 14.1. The molecule has 0 unspecified atom stereocenters. The Morgan fingerprint density at radius 2 is 1.73 bits per heavy atom. The number of para-hydroxylation sites is 2. The van der Waals surface area contributed by atoms with E-state index >= 15 is 0 Å². The fourth-order valence-corrected chi connectivity index (χ4v) is 5.71. The molecule has 2 saturated heterocycles. The third-order valence-corrected chi connectivity index (χ3v) is 7.25. The topological polar surface area (TPSA) is 124 Å². The summed E-state index contributed by atoms with van der Waals surface area (Å²) in [5.41, 5.74) is 3.58. The van der Waals surface area contributed by atoms with Gasteiger partial charge < -0.3 is 9.88 Å². The number of rotatable bonds is 6. The van der Waals surface area contributed by atoms with Crippen LogP contribution < -0.4 is 4.57 Å². The van der Waals surface area contributed by atoms with Crippen molar-refractivity contribution in [2.75, 3.05) is 6.54 Å². The number of urea groups is 1. The van der Waals surface area contributed by atoms with E-state index in [9.17, 15) is 18.0 Å². The monoisotopic (exact) mass is 519 g/mol. The van der Waals surface area contributed by atoms with E-state index in [0.717, 1.165) is 22.3 Å². The molecular formula is C26H23N4O6S+. The summed E-state index contributed by atoms with van der Waals surface area (Å²) in [6.07, 6.45) is 2.60. The molecule has 2 amide bonds. The number of amides is 2. The number of fused-ring (bicyclic) bond motifs is 3. The molecule has 2 aromatic carbocycles. The van der Waals surface area contributed by atoms with Gasteiger partial charge in [0, 0.05) is 41.7 Å². The molecule has 0 aliphatic carbocycles. The van der Waals surface area contributed by atoms with Crippen LogP contribution in [0, 0.1) is 0 Å². The summed E-state index contributed by atoms with van der Waals surface area (Å²) in [6, 6.07) is 21.0. The minimum atomic E-state index is -4.88. The van der Waals surface area contributed by atoms with E-state index in [1.54, 1.807) is 0 Å². The fourth-order valence-electron chi connectivity index (χ4n) is 5.32. The van der Waals surface area contributed by atoms with Crippen LogP contribution in [0.2, 0.25) is 0 Å². The van der Waals surface area contributed by atoms with Gasteiger partial charge in [0.15, 0.2) is 6.20 Å². The van der Waals surface area contributed by atoms with Crippen molar-refractivity contribution < 1.29 is 31.4 Å². The maximum Gasteiger partial charge on any atom is 0.418 e. The first kappa shape index (κ1) is 23.3. The summed E-state index contributed by atoms with van der Waals surface area (Å²) in [5.74, 6) is -0.282. The van der Waals surface area contributed by atoms with Crippen LogP contribution in [0.4, 0.5) is 4.79 Å². The van der Waals surface area contributed by atoms with Crippen LogP contribution in [0.5, 0.6) is 0 Å². The van der Waals surface area contributed by atoms with Crippen LogP contribution in [0.3, 0.4) is 0 Å². The standard InChI is InChI=1S/C26H22N4O6S/c31-25(22-14-13-18-16-29(22)26(32)30(18)36-37(33,34)35)24-23(19-10-4-5-11-20(19)27-24)21-12-6-7-15-28(21)17-8-2-1-3-9-17/h1-12,15,18,22H,13-14,16H2,(H,33,34,35)/p+1/t18-,22+/m1/s1. The number of H-pyrrole nitrogens is 1. The Morgan fingerprint density at radius 3 is 2.51 bits per heavy atom. The first-order valence-corrected chi connectivity index (χ1v) is 13.2. The molecule has 11 heteroatoms. The number of pyridine rings is 1. The molecule has 6 rings (SSSR count). The van der Waals surface area contributed by atoms with E-state index in [4.69, 9.17) is 4.55 Å². The summed E-state index contributed by atoms with van der Waals surface area (Å²) in [4.78, 5) is 31.6. The first-order valence-electron chi connectivity index (χ1n) is 11.8. The summed E-state index contributed by atoms with van der Waals surface area (Å²) in [6.45, 7) is 0.121. The molecule has 188 valence electrons. The van der Waals surface area contributed by atoms with Gasteiger partial charge in [-0.1, -0.05) is 36.4 Å². The predicted molar refractivity (Wildman–Crippen MR) is 133 cm³/mol. The van der Waals surface area contributed by atoms with E-state index in [1.807, 2.05) is 83.6 Å². The number of hydrogen-bond acceptors (Lipinski definition) is 5. The van der Waals surface area contributed by atoms with Crippen LogP contribution >= 0.6 is 0 Å². The molecule has 4 heterocycles. The fraction of sp³-hybridized carbons (Fsp3) is 0.192. The number of benzene rings is 2. The van der Waals surface area contributed by atoms with Crippen LogP contribution in [0.25, 0.3) is 27.8 Å². The Labute approximate surface area is 212 Å². The second-order valence-electron chi connectivity index (χ2n) is 9.09. The number of hydroxylamine groups is 2. The van der Waals surface area contributed by atoms with Gasteiger partial charge in [0.2, 0.25) is 17.2 Å². The quantitative estimate of drug-likeness (QED) is 0.229. The number of aromatic amines is 1. The highest BCUT2D eigenvalue weighted by atomic mass is 32.3. The van der Waals surface area contributed by atoms with E-state index < -0.39 is 28.5 Å². The van der Waals surface area contributed by atoms with Gasteiger partial charge in [-0.3, -0.25) is 9.35 Å². The Hall–Kier alpha value is -4.06. The molecule has 0 saturated carbocycles. The maximum atomic E-state index is 14.1. The summed E-state index contributed by atoms with van der Waals surface area (Å²) < 4.78 is 38.1. The molecule has 2 aliphatic heterocycles. The SMILES string of the molecule is O=C(c1[nH]c2ccccc2c1-c1cccc[n+]1-c1ccccc1)[C@@H]1CC[C@@H]2CN1C(=O)N2OS(=O)(=O)O. The zero-order valence-corrected chi connectivity index (χ0v) is 20.3. The van der Waals surface area contributed by atoms with E-state index in [2.05, 4.69) is 9.27 Å². The second kappa shape index (κ2) is 8.80. The average molecular weight is 520 g/mol. The Kier molecular flexibility index (Phi) is 5.55. The van der Waals surface area contributed by atoms with Gasteiger partial charge in [0.25, 0.3) is 0 Å². The minimum absolute atomic E-state index is 0.121. The third-order valence-electron chi connectivity index (χ3n) is 6.90. The van der Waals surface area contributed by atoms with Crippen molar-refractivity contribution in [3.63, 3.8) is 0 Å². The Morgan fingerprint density at radius 1 is 1.00 bits per heavy atom. The van der Waals surface area contributed by atoms with E-state index in [1.165, 1.54) is 4.90 Å². The molecule has 2 fully saturated rings. The molecule has 2 N–H and O–H groups in total. The highest BCUT2D eigenvalue weighted by molar-refractivity contribution is 7.80. The number of carbonyl (C=O) groups is 2. The van der Waals surface area contributed by atoms with Crippen molar-refractivity contribution >= 4 is 33.1 Å². The lowest BCUT2D eigenvalue weighted by atomic mass is 9.93. The molecule has 0 radical (unpaired) electrons. The molecular weight excluding hydrogens is 496 g/mol. The third kappa shape index (κ3) is 4.06. The number of ketones is 1. The van der Waals surface area contributed by atoms with Gasteiger partial charge in [0.1, 0.15) is 0 Å². The molecule has 2 aliphatic rings. The van der Waals surface area contributed by atoms with Crippen molar-refractivity contribution in [3.8, 4) is 16.9 Å². The van der Waals surface area contributed by atoms with Gasteiger partial charge in [-0.2, -0.15) is 18.0 Å². The number of nitrogens with zero attached hydrogens (tertiary/aromatic N) is 3. The van der Waals surface area contributed by atoms with Crippen molar-refractivity contribution in [1.82, 2.24) is 14.9 Å². The van der Waals surface area contributed by atoms with Crippen molar-refractivity contribution in [1.29, 1.82) is 0 Å². The molecule has 4 aromatic rings. The van der Waals surface area contributed by atoms with Gasteiger partial charge >= 0.3 is 16.4 Å². The Balaban J connectivity index is 1.45. The van der Waals surface area contributed by atoms with Gasteiger partial charge in [-0.25, -0.2) is 4.79 Å². The van der Waals surface area contributed by atoms with Crippen molar-refractivity contribution in [2.24, 2.45) is 0 Å². The van der Waals surface area contributed by atoms with E-state index in [0.29, 0.717) is 29.2 Å². The molecule has 0 spiro atoms. The van der Waals surface area contributed by atoms with Crippen LogP contribution in [-0.2, 0) is 14.7 Å². The molecule has 2 bridgehead atoms. The number of aromatic nitrogens is 2. The van der Waals surface area contributed by atoms with Crippen LogP contribution in [-0.4, -0.2) is 58.4 Å². The summed E-state index contributed by atoms with van der Waals surface area (Å²) >= 11 is 0. The zero-order chi connectivity index (χ0) is 25.7. The predicted octanol–water partition coefficient (Wildman–Crippen LogP) is 3.30. The Bertz CT molecular complexity index is 1640. The lowest BCUT2D eigenvalue weighted by molar-refractivity contribution is -0.583. The lowest BCUT2D eigenvalue weighted by Gasteiger charge is -2.29. The zero-order valence-electron chi connectivity index (χ0n) is 19.5. The van der Waals surface area contributed by atoms with Gasteiger partial charge in [-0.15, -0.1) is 4.28 Å². The highest BCUT2D eigenvalue weighted by Gasteiger charge is 2.50. The van der Waals surface area contributed by atoms with Gasteiger partial charge in [-0.05, 0) is 25.0 Å². The second-order valence-corrected chi connectivity index (χ2v) is 10.1. The largest absolute Gasteiger partial charge is 0.418 e. The minimum Gasteiger partial charge on any atom is -0.351 e. The number of carbonyl (C=O) groups excluding carboxylic acids is 2. The summed E-state index contributed by atoms with van der Waals surface area (Å²) in [5, 5.41) is 1.51. The number of piperidine rings is 1. The normalized spacial score (nSPS) is 19.5. The van der Waals surface area contributed by atoms with Gasteiger partial charge in [0.05, 0.1) is 23.3 Å². The first-order chi connectivity index (χ1) is 17.8. The highest BCUT2D eigenvalue weighted by Crippen LogP contribution is 2.36. The molecule has 37 heavy (non-hydrogen) atoms. The van der Waals surface area contributed by atoms with Crippen LogP contribution in [0.1, 0.15) is 23.3 Å². The molecule has 2 atom stereocenters. The number of nitrogens with one attached hydrogen (secondary N) is 1. The van der Waals surface area contributed by atoms with E-state index in [-0.39, 0.29) is 12.3 Å². The number of Topliss-reactive ketones (excluding diaryl/α,β-unsaturated/α-hetero) is 1. The number of hydrogen-bond donors (Lipinski definition) is 2. The average Bonchev–Trinajstić information content (AvgIpc) is 3.39. The smallest absolute Gasteiger partial charge is 0.351 e. The van der Waals surface area contributed by atoms with Crippen molar-refractivity contribution in [2.45, 2.75) is 24.9 Å². The molecule has 10 nitrogen and oxygen atoms in total.